The largest absolute Gasteiger partial charge is 0.472 e. The topological polar surface area (TPSA) is 276 Å². The zero-order valence-electron chi connectivity index (χ0n) is 40.7. The number of carbonyl (C=O) groups is 2. The van der Waals surface area contributed by atoms with Crippen LogP contribution in [0.15, 0.2) is 122 Å². The Labute approximate surface area is 414 Å². The van der Waals surface area contributed by atoms with Crippen LogP contribution in [0.2, 0.25) is 0 Å². The molecule has 9 atom stereocenters. The molecular formula is C51H80O17P2. The molecule has 17 nitrogen and oxygen atoms in total. The monoisotopic (exact) mass is 1030 g/mol. The zero-order valence-corrected chi connectivity index (χ0v) is 42.5. The fourth-order valence-electron chi connectivity index (χ4n) is 6.39. The molecule has 0 saturated heterocycles. The van der Waals surface area contributed by atoms with Crippen LogP contribution in [-0.2, 0) is 41.8 Å². The minimum absolute atomic E-state index is 0.0515. The zero-order chi connectivity index (χ0) is 51.9. The maximum absolute atomic E-state index is 13.0. The van der Waals surface area contributed by atoms with E-state index in [0.717, 1.165) is 44.9 Å². The van der Waals surface area contributed by atoms with Gasteiger partial charge in [-0.25, -0.2) is 9.13 Å². The SMILES string of the molecule is CC/C=C\C/C=C\C/C=C\C/C=C\C=C\C(O)CCCC(=O)O[C@H](COC(=O)CC/C=C\C/C=C\C/C=C\C/C=C\C/C=C\CCCCC)COP(=O)(O)O[C@H]1C(O)C(O)C(O)[C@@H](OP(=O)(O)O)C1O. The Bertz CT molecular complexity index is 1830. The van der Waals surface area contributed by atoms with E-state index in [-0.39, 0.29) is 25.7 Å². The predicted molar refractivity (Wildman–Crippen MR) is 270 cm³/mol. The van der Waals surface area contributed by atoms with Gasteiger partial charge in [0.2, 0.25) is 0 Å². The second-order valence-electron chi connectivity index (χ2n) is 16.3. The Kier molecular flexibility index (Phi) is 36.7. The summed E-state index contributed by atoms with van der Waals surface area (Å²) in [5.41, 5.74) is 0. The molecule has 0 heterocycles. The molecule has 1 aliphatic rings. The van der Waals surface area contributed by atoms with E-state index < -0.39 is 89.6 Å². The number of esters is 2. The number of hydrogen-bond acceptors (Lipinski definition) is 14. The number of allylic oxidation sites excluding steroid dienone is 19. The van der Waals surface area contributed by atoms with Gasteiger partial charge < -0.3 is 49.7 Å². The smallest absolute Gasteiger partial charge is 0.462 e. The van der Waals surface area contributed by atoms with Crippen LogP contribution in [0.5, 0.6) is 0 Å². The molecule has 0 amide bonds. The van der Waals surface area contributed by atoms with Gasteiger partial charge in [-0.1, -0.05) is 148 Å². The highest BCUT2D eigenvalue weighted by Gasteiger charge is 2.54. The molecule has 0 aromatic rings. The molecule has 19 heteroatoms. The minimum Gasteiger partial charge on any atom is -0.462 e. The first-order valence-electron chi connectivity index (χ1n) is 24.2. The van der Waals surface area contributed by atoms with Gasteiger partial charge in [0.05, 0.1) is 12.7 Å². The molecule has 396 valence electrons. The fraction of sp³-hybridized carbons (Fsp3) is 0.569. The van der Waals surface area contributed by atoms with Gasteiger partial charge in [0.15, 0.2) is 6.10 Å². The number of unbranched alkanes of at least 4 members (excludes halogenated alkanes) is 3. The van der Waals surface area contributed by atoms with E-state index >= 15 is 0 Å². The van der Waals surface area contributed by atoms with E-state index in [2.05, 4.69) is 85.2 Å². The van der Waals surface area contributed by atoms with Gasteiger partial charge in [-0.2, -0.15) is 0 Å². The number of ether oxygens (including phenoxy) is 2. The van der Waals surface area contributed by atoms with Crippen molar-refractivity contribution in [3.8, 4) is 0 Å². The lowest BCUT2D eigenvalue weighted by molar-refractivity contribution is -0.216. The number of hydrogen-bond donors (Lipinski definition) is 8. The van der Waals surface area contributed by atoms with Crippen molar-refractivity contribution in [1.82, 2.24) is 0 Å². The summed E-state index contributed by atoms with van der Waals surface area (Å²) in [6.07, 6.45) is 36.1. The van der Waals surface area contributed by atoms with E-state index in [4.69, 9.17) is 18.5 Å². The summed E-state index contributed by atoms with van der Waals surface area (Å²) >= 11 is 0. The van der Waals surface area contributed by atoms with Crippen molar-refractivity contribution in [1.29, 1.82) is 0 Å². The van der Waals surface area contributed by atoms with Crippen molar-refractivity contribution in [3.63, 3.8) is 0 Å². The van der Waals surface area contributed by atoms with E-state index in [1.165, 1.54) is 19.3 Å². The van der Waals surface area contributed by atoms with Crippen molar-refractivity contribution in [3.05, 3.63) is 122 Å². The molecule has 0 aliphatic heterocycles. The third kappa shape index (κ3) is 33.9. The van der Waals surface area contributed by atoms with Crippen LogP contribution in [0.3, 0.4) is 0 Å². The Hall–Kier alpha value is -3.64. The molecule has 0 radical (unpaired) electrons. The molecule has 1 saturated carbocycles. The number of aliphatic hydroxyl groups excluding tert-OH is 5. The van der Waals surface area contributed by atoms with Crippen LogP contribution < -0.4 is 0 Å². The van der Waals surface area contributed by atoms with Crippen molar-refractivity contribution in [2.45, 2.75) is 172 Å². The lowest BCUT2D eigenvalue weighted by Crippen LogP contribution is -2.64. The van der Waals surface area contributed by atoms with Crippen molar-refractivity contribution in [2.24, 2.45) is 0 Å². The molecular weight excluding hydrogens is 946 g/mol. The number of phosphoric ester groups is 2. The van der Waals surface area contributed by atoms with Gasteiger partial charge in [-0.3, -0.25) is 23.2 Å². The highest BCUT2D eigenvalue weighted by molar-refractivity contribution is 7.47. The van der Waals surface area contributed by atoms with Crippen LogP contribution in [0, 0.1) is 0 Å². The quantitative estimate of drug-likeness (QED) is 0.00946. The van der Waals surface area contributed by atoms with E-state index in [1.54, 1.807) is 24.3 Å². The summed E-state index contributed by atoms with van der Waals surface area (Å²) in [7, 11) is -10.8. The molecule has 1 rings (SSSR count). The highest BCUT2D eigenvalue weighted by Crippen LogP contribution is 2.49. The summed E-state index contributed by atoms with van der Waals surface area (Å²) < 4.78 is 49.2. The standard InChI is InChI=1S/C51H80O17P2/c1-3-5-7-9-11-13-15-17-18-19-20-21-22-24-26-28-30-32-34-38-44(53)64-40-43(41-65-70(62,63)68-51-48(57)46(55)47(56)50(49(51)58)67-69(59,60)61)66-45(54)39-35-37-42(52)36-33-31-29-27-25-23-16-14-12-10-8-6-4-2/h6,8,11-14,17-18,20-21,23-26,29-33,36,42-43,46-52,55-58H,3-5,7,9-10,15-16,19,22,27-28,34-35,37-41H2,1-2H3,(H,62,63)(H2,59,60,61)/b8-6-,13-11-,14-12-,18-17-,21-20-,25-23-,26-24-,31-29-,32-30-,36-33+/t42?,43-,46?,47?,48?,49?,50-,51+/m1/s1. The van der Waals surface area contributed by atoms with Crippen LogP contribution in [0.4, 0.5) is 0 Å². The molecule has 1 fully saturated rings. The second-order valence-corrected chi connectivity index (χ2v) is 18.9. The Morgan fingerprint density at radius 2 is 1.04 bits per heavy atom. The predicted octanol–water partition coefficient (Wildman–Crippen LogP) is 8.47. The van der Waals surface area contributed by atoms with Crippen molar-refractivity contribution >= 4 is 27.6 Å². The lowest BCUT2D eigenvalue weighted by atomic mass is 9.85. The number of rotatable bonds is 38. The van der Waals surface area contributed by atoms with Crippen LogP contribution in [-0.4, -0.2) is 114 Å². The van der Waals surface area contributed by atoms with Gasteiger partial charge >= 0.3 is 27.6 Å². The van der Waals surface area contributed by atoms with Gasteiger partial charge in [-0.15, -0.1) is 0 Å². The summed E-state index contributed by atoms with van der Waals surface area (Å²) in [6.45, 7) is 2.72. The van der Waals surface area contributed by atoms with E-state index in [9.17, 15) is 58.9 Å². The summed E-state index contributed by atoms with van der Waals surface area (Å²) in [5.74, 6) is -1.52. The summed E-state index contributed by atoms with van der Waals surface area (Å²) in [6, 6.07) is 0. The van der Waals surface area contributed by atoms with Gasteiger partial charge in [-0.05, 0) is 83.5 Å². The molecule has 0 spiro atoms. The third-order valence-electron chi connectivity index (χ3n) is 10.1. The second kappa shape index (κ2) is 39.9. The van der Waals surface area contributed by atoms with Gasteiger partial charge in [0.25, 0.3) is 0 Å². The maximum atomic E-state index is 13.0. The Morgan fingerprint density at radius 3 is 1.57 bits per heavy atom. The first-order valence-corrected chi connectivity index (χ1v) is 27.2. The van der Waals surface area contributed by atoms with E-state index in [1.807, 2.05) is 30.4 Å². The molecule has 0 aromatic carbocycles. The summed E-state index contributed by atoms with van der Waals surface area (Å²) in [4.78, 5) is 54.3. The normalized spacial score (nSPS) is 22.5. The molecule has 70 heavy (non-hydrogen) atoms. The Morgan fingerprint density at radius 1 is 0.543 bits per heavy atom. The average Bonchev–Trinajstić information content (AvgIpc) is 3.31. The van der Waals surface area contributed by atoms with Crippen LogP contribution in [0.1, 0.15) is 123 Å². The molecule has 8 N–H and O–H groups in total. The minimum atomic E-state index is -5.40. The van der Waals surface area contributed by atoms with Gasteiger partial charge in [0, 0.05) is 12.8 Å². The molecule has 0 aromatic heterocycles. The maximum Gasteiger partial charge on any atom is 0.472 e. The number of phosphoric acid groups is 2. The average molecular weight is 1030 g/mol. The molecule has 0 bridgehead atoms. The van der Waals surface area contributed by atoms with Crippen molar-refractivity contribution < 1.29 is 82.0 Å². The molecule has 6 unspecified atom stereocenters. The third-order valence-corrected chi connectivity index (χ3v) is 11.6. The molecule has 1 aliphatic carbocycles. The summed E-state index contributed by atoms with van der Waals surface area (Å²) in [5, 5.41) is 51.6. The van der Waals surface area contributed by atoms with Crippen LogP contribution >= 0.6 is 15.6 Å². The number of aliphatic hydroxyl groups is 5. The fourth-order valence-corrected chi connectivity index (χ4v) is 7.93. The highest BCUT2D eigenvalue weighted by atomic mass is 31.2. The lowest BCUT2D eigenvalue weighted by Gasteiger charge is -2.43. The Balaban J connectivity index is 2.73. The number of carbonyl (C=O) groups excluding carboxylic acids is 2. The first-order chi connectivity index (χ1) is 33.5. The van der Waals surface area contributed by atoms with Crippen LogP contribution in [0.25, 0.3) is 0 Å². The first kappa shape index (κ1) is 64.4. The van der Waals surface area contributed by atoms with E-state index in [0.29, 0.717) is 19.3 Å². The van der Waals surface area contributed by atoms with Crippen molar-refractivity contribution in [2.75, 3.05) is 13.2 Å². The van der Waals surface area contributed by atoms with Gasteiger partial charge in [0.1, 0.15) is 43.2 Å².